The maximum Gasteiger partial charge on any atom is 0.416 e. The fraction of sp³-hybridized carbons (Fsp3) is 0.417. The molecule has 1 fully saturated rings. The third-order valence-electron chi connectivity index (χ3n) is 3.30. The molecule has 104 valence electrons. The van der Waals surface area contributed by atoms with E-state index < -0.39 is 35.3 Å². The molecular weight excluding hydrogens is 264 g/mol. The molecule has 2 atom stereocenters. The van der Waals surface area contributed by atoms with Gasteiger partial charge in [0.2, 0.25) is 5.91 Å². The van der Waals surface area contributed by atoms with Gasteiger partial charge in [-0.3, -0.25) is 4.79 Å². The first-order valence-corrected chi connectivity index (χ1v) is 5.67. The molecule has 1 saturated heterocycles. The van der Waals surface area contributed by atoms with Gasteiger partial charge in [0.15, 0.2) is 0 Å². The van der Waals surface area contributed by atoms with Gasteiger partial charge in [0, 0.05) is 19.0 Å². The van der Waals surface area contributed by atoms with Crippen molar-refractivity contribution in [1.29, 1.82) is 0 Å². The molecule has 2 unspecified atom stereocenters. The van der Waals surface area contributed by atoms with Crippen LogP contribution in [0.4, 0.5) is 17.6 Å². The molecular formula is C12H12F4N2O. The number of benzene rings is 1. The van der Waals surface area contributed by atoms with E-state index in [1.54, 1.807) is 0 Å². The number of halogens is 4. The van der Waals surface area contributed by atoms with Crippen LogP contribution in [0.2, 0.25) is 0 Å². The van der Waals surface area contributed by atoms with E-state index in [2.05, 4.69) is 5.32 Å². The Bertz CT molecular complexity index is 501. The lowest BCUT2D eigenvalue weighted by molar-refractivity contribution is -0.139. The molecule has 0 spiro atoms. The van der Waals surface area contributed by atoms with Crippen LogP contribution in [0.3, 0.4) is 0 Å². The third kappa shape index (κ3) is 2.70. The molecule has 0 saturated carbocycles. The lowest BCUT2D eigenvalue weighted by atomic mass is 9.85. The molecule has 0 aromatic heterocycles. The second kappa shape index (κ2) is 4.80. The van der Waals surface area contributed by atoms with Crippen molar-refractivity contribution in [2.24, 2.45) is 11.7 Å². The zero-order valence-electron chi connectivity index (χ0n) is 9.80. The van der Waals surface area contributed by atoms with Gasteiger partial charge in [-0.1, -0.05) is 6.07 Å². The number of alkyl halides is 3. The molecule has 7 heteroatoms. The van der Waals surface area contributed by atoms with Crippen LogP contribution < -0.4 is 11.1 Å². The summed E-state index contributed by atoms with van der Waals surface area (Å²) in [6.45, 7) is 0.441. The maximum atomic E-state index is 13.0. The Morgan fingerprint density at radius 2 is 2.00 bits per heavy atom. The molecule has 0 aliphatic carbocycles. The highest BCUT2D eigenvalue weighted by atomic mass is 19.4. The molecule has 1 aliphatic rings. The first-order chi connectivity index (χ1) is 8.80. The van der Waals surface area contributed by atoms with E-state index in [9.17, 15) is 22.4 Å². The number of carbonyl (C=O) groups is 1. The molecule has 0 bridgehead atoms. The monoisotopic (exact) mass is 276 g/mol. The summed E-state index contributed by atoms with van der Waals surface area (Å²) in [6, 6.07) is 2.48. The van der Waals surface area contributed by atoms with Crippen molar-refractivity contribution < 1.29 is 22.4 Å². The second-order valence-electron chi connectivity index (χ2n) is 4.50. The van der Waals surface area contributed by atoms with Crippen LogP contribution in [-0.4, -0.2) is 19.0 Å². The van der Waals surface area contributed by atoms with Crippen molar-refractivity contribution in [2.45, 2.75) is 12.1 Å². The molecule has 1 aliphatic heterocycles. The molecule has 2 rings (SSSR count). The third-order valence-corrected chi connectivity index (χ3v) is 3.30. The summed E-state index contributed by atoms with van der Waals surface area (Å²) < 4.78 is 51.7. The van der Waals surface area contributed by atoms with Crippen LogP contribution in [0.1, 0.15) is 17.0 Å². The summed E-state index contributed by atoms with van der Waals surface area (Å²) >= 11 is 0. The van der Waals surface area contributed by atoms with Crippen LogP contribution in [0.15, 0.2) is 18.2 Å². The molecule has 1 amide bonds. The Morgan fingerprint density at radius 1 is 1.32 bits per heavy atom. The fourth-order valence-electron chi connectivity index (χ4n) is 2.40. The van der Waals surface area contributed by atoms with E-state index >= 15 is 0 Å². The summed E-state index contributed by atoms with van der Waals surface area (Å²) in [5.41, 5.74) is 4.04. The second-order valence-corrected chi connectivity index (χ2v) is 4.50. The number of hydrogen-bond acceptors (Lipinski definition) is 2. The van der Waals surface area contributed by atoms with Gasteiger partial charge < -0.3 is 11.1 Å². The molecule has 1 heterocycles. The number of primary amides is 1. The van der Waals surface area contributed by atoms with Gasteiger partial charge >= 0.3 is 6.18 Å². The Labute approximate surface area is 106 Å². The lowest BCUT2D eigenvalue weighted by Gasteiger charge is -2.20. The lowest BCUT2D eigenvalue weighted by Crippen LogP contribution is -2.29. The molecule has 1 aromatic carbocycles. The number of carbonyl (C=O) groups excluding carboxylic acids is 1. The molecule has 0 radical (unpaired) electrons. The largest absolute Gasteiger partial charge is 0.416 e. The van der Waals surface area contributed by atoms with Crippen molar-refractivity contribution in [3.63, 3.8) is 0 Å². The first kappa shape index (κ1) is 13.8. The Balaban J connectivity index is 2.47. The van der Waals surface area contributed by atoms with Gasteiger partial charge in [0.25, 0.3) is 0 Å². The van der Waals surface area contributed by atoms with E-state index in [-0.39, 0.29) is 18.7 Å². The van der Waals surface area contributed by atoms with Crippen LogP contribution in [0.25, 0.3) is 0 Å². The van der Waals surface area contributed by atoms with E-state index in [0.717, 1.165) is 12.1 Å². The number of nitrogens with two attached hydrogens (primary N) is 1. The van der Waals surface area contributed by atoms with Crippen LogP contribution in [0.5, 0.6) is 0 Å². The van der Waals surface area contributed by atoms with Crippen molar-refractivity contribution >= 4 is 5.91 Å². The molecule has 19 heavy (non-hydrogen) atoms. The number of amides is 1. The number of rotatable bonds is 2. The van der Waals surface area contributed by atoms with Crippen LogP contribution in [-0.2, 0) is 11.0 Å². The van der Waals surface area contributed by atoms with E-state index in [1.807, 2.05) is 0 Å². The highest BCUT2D eigenvalue weighted by Crippen LogP contribution is 2.39. The minimum absolute atomic E-state index is 0.0947. The van der Waals surface area contributed by atoms with Gasteiger partial charge in [0.05, 0.1) is 11.5 Å². The average molecular weight is 276 g/mol. The van der Waals surface area contributed by atoms with E-state index in [4.69, 9.17) is 5.73 Å². The maximum absolute atomic E-state index is 13.0. The van der Waals surface area contributed by atoms with Gasteiger partial charge in [0.1, 0.15) is 5.82 Å². The summed E-state index contributed by atoms with van der Waals surface area (Å²) in [6.07, 6.45) is -4.66. The van der Waals surface area contributed by atoms with Gasteiger partial charge in [-0.05, 0) is 17.7 Å². The topological polar surface area (TPSA) is 55.1 Å². The predicted molar refractivity (Wildman–Crippen MR) is 59.7 cm³/mol. The Morgan fingerprint density at radius 3 is 2.58 bits per heavy atom. The highest BCUT2D eigenvalue weighted by molar-refractivity contribution is 5.78. The minimum Gasteiger partial charge on any atom is -0.369 e. The smallest absolute Gasteiger partial charge is 0.369 e. The van der Waals surface area contributed by atoms with Gasteiger partial charge in [-0.2, -0.15) is 13.2 Å². The number of nitrogens with one attached hydrogen (secondary N) is 1. The van der Waals surface area contributed by atoms with E-state index in [1.165, 1.54) is 0 Å². The SMILES string of the molecule is NC(=O)C1CNCC1c1ccc(F)cc1C(F)(F)F. The zero-order chi connectivity index (χ0) is 14.2. The highest BCUT2D eigenvalue weighted by Gasteiger charge is 2.40. The van der Waals surface area contributed by atoms with Gasteiger partial charge in [-0.25, -0.2) is 4.39 Å². The summed E-state index contributed by atoms with van der Waals surface area (Å²) in [7, 11) is 0. The zero-order valence-corrected chi connectivity index (χ0v) is 9.80. The van der Waals surface area contributed by atoms with E-state index in [0.29, 0.717) is 6.07 Å². The molecule has 1 aromatic rings. The minimum atomic E-state index is -4.66. The first-order valence-electron chi connectivity index (χ1n) is 5.67. The summed E-state index contributed by atoms with van der Waals surface area (Å²) in [5, 5.41) is 2.83. The molecule has 3 N–H and O–H groups in total. The Kier molecular flexibility index (Phi) is 3.49. The standard InChI is InChI=1S/C12H12F4N2O/c13-6-1-2-7(10(3-6)12(14,15)16)8-4-18-5-9(8)11(17)19/h1-3,8-9,18H,4-5H2,(H2,17,19). The van der Waals surface area contributed by atoms with Crippen molar-refractivity contribution in [1.82, 2.24) is 5.32 Å². The summed E-state index contributed by atoms with van der Waals surface area (Å²) in [5.74, 6) is -3.02. The average Bonchev–Trinajstić information content (AvgIpc) is 2.76. The normalized spacial score (nSPS) is 23.6. The quantitative estimate of drug-likeness (QED) is 0.807. The van der Waals surface area contributed by atoms with Crippen LogP contribution >= 0.6 is 0 Å². The van der Waals surface area contributed by atoms with Crippen LogP contribution in [0, 0.1) is 11.7 Å². The molecule has 3 nitrogen and oxygen atoms in total. The van der Waals surface area contributed by atoms with Gasteiger partial charge in [-0.15, -0.1) is 0 Å². The van der Waals surface area contributed by atoms with Crippen molar-refractivity contribution in [3.05, 3.63) is 35.1 Å². The van der Waals surface area contributed by atoms with Crippen molar-refractivity contribution in [3.8, 4) is 0 Å². The number of hydrogen-bond donors (Lipinski definition) is 2. The fourth-order valence-corrected chi connectivity index (χ4v) is 2.40. The Hall–Kier alpha value is -1.63. The summed E-state index contributed by atoms with van der Waals surface area (Å²) in [4.78, 5) is 11.2. The predicted octanol–water partition coefficient (Wildman–Crippen LogP) is 1.63. The van der Waals surface area contributed by atoms with Crippen molar-refractivity contribution in [2.75, 3.05) is 13.1 Å².